The van der Waals surface area contributed by atoms with Gasteiger partial charge in [0, 0.05) is 5.56 Å². The molecule has 1 heterocycles. The Hall–Kier alpha value is -2.55. The maximum Gasteiger partial charge on any atom is 0.177 e. The lowest BCUT2D eigenvalue weighted by molar-refractivity contribution is 0.436. The van der Waals surface area contributed by atoms with Crippen molar-refractivity contribution >= 4 is 5.82 Å². The van der Waals surface area contributed by atoms with Crippen LogP contribution in [-0.2, 0) is 0 Å². The molecule has 0 amide bonds. The molecule has 2 aromatic carbocycles. The Kier molecular flexibility index (Phi) is 3.26. The first-order chi connectivity index (χ1) is 10.1. The SMILES string of the molecule is Cc1ccc(-c2c(N)noc2-c2cccc(C)c2C)cc1. The Bertz CT molecular complexity index is 785. The third kappa shape index (κ3) is 2.31. The maximum absolute atomic E-state index is 6.03. The monoisotopic (exact) mass is 278 g/mol. The van der Waals surface area contributed by atoms with Crippen LogP contribution >= 0.6 is 0 Å². The number of nitrogens with two attached hydrogens (primary N) is 1. The summed E-state index contributed by atoms with van der Waals surface area (Å²) in [5.74, 6) is 1.16. The lowest BCUT2D eigenvalue weighted by Gasteiger charge is -2.08. The van der Waals surface area contributed by atoms with Crippen LogP contribution in [0.3, 0.4) is 0 Å². The lowest BCUT2D eigenvalue weighted by atomic mass is 9.96. The third-order valence-electron chi connectivity index (χ3n) is 3.91. The molecule has 0 fully saturated rings. The Morgan fingerprint density at radius 2 is 1.67 bits per heavy atom. The minimum atomic E-state index is 0.426. The van der Waals surface area contributed by atoms with Gasteiger partial charge in [-0.1, -0.05) is 53.2 Å². The van der Waals surface area contributed by atoms with Crippen LogP contribution in [0, 0.1) is 20.8 Å². The van der Waals surface area contributed by atoms with Crippen LogP contribution in [0.15, 0.2) is 47.0 Å². The van der Waals surface area contributed by atoms with E-state index in [-0.39, 0.29) is 0 Å². The molecule has 0 spiro atoms. The minimum absolute atomic E-state index is 0.426. The van der Waals surface area contributed by atoms with Crippen molar-refractivity contribution in [2.75, 3.05) is 5.73 Å². The van der Waals surface area contributed by atoms with Gasteiger partial charge in [0.25, 0.3) is 0 Å². The first kappa shape index (κ1) is 13.4. The summed E-state index contributed by atoms with van der Waals surface area (Å²) in [6.45, 7) is 6.23. The summed E-state index contributed by atoms with van der Waals surface area (Å²) in [7, 11) is 0. The Morgan fingerprint density at radius 3 is 2.38 bits per heavy atom. The topological polar surface area (TPSA) is 52.0 Å². The summed E-state index contributed by atoms with van der Waals surface area (Å²) in [6, 6.07) is 14.4. The number of hydrogen-bond donors (Lipinski definition) is 1. The van der Waals surface area contributed by atoms with Gasteiger partial charge in [0.1, 0.15) is 0 Å². The number of aryl methyl sites for hydroxylation is 2. The Labute approximate surface area is 124 Å². The van der Waals surface area contributed by atoms with Crippen LogP contribution in [-0.4, -0.2) is 5.16 Å². The number of hydrogen-bond acceptors (Lipinski definition) is 3. The molecule has 0 atom stereocenters. The predicted molar refractivity (Wildman–Crippen MR) is 86.0 cm³/mol. The van der Waals surface area contributed by atoms with Crippen molar-refractivity contribution < 1.29 is 4.52 Å². The van der Waals surface area contributed by atoms with Crippen molar-refractivity contribution in [1.29, 1.82) is 0 Å². The molecule has 0 aliphatic heterocycles. The summed E-state index contributed by atoms with van der Waals surface area (Å²) in [5, 5.41) is 3.97. The molecule has 0 unspecified atom stereocenters. The predicted octanol–water partition coefficient (Wildman–Crippen LogP) is 4.52. The van der Waals surface area contributed by atoms with Crippen molar-refractivity contribution in [2.24, 2.45) is 0 Å². The van der Waals surface area contributed by atoms with Crippen LogP contribution in [0.25, 0.3) is 22.5 Å². The molecule has 3 heteroatoms. The largest absolute Gasteiger partial charge is 0.380 e. The van der Waals surface area contributed by atoms with Crippen molar-refractivity contribution in [1.82, 2.24) is 5.16 Å². The van der Waals surface area contributed by atoms with Gasteiger partial charge >= 0.3 is 0 Å². The molecule has 1 aromatic heterocycles. The fourth-order valence-electron chi connectivity index (χ4n) is 2.48. The lowest BCUT2D eigenvalue weighted by Crippen LogP contribution is -1.91. The summed E-state index contributed by atoms with van der Waals surface area (Å²) in [6.07, 6.45) is 0. The average molecular weight is 278 g/mol. The molecule has 0 radical (unpaired) electrons. The number of benzene rings is 2. The number of nitrogen functional groups attached to an aromatic ring is 1. The first-order valence-electron chi connectivity index (χ1n) is 6.96. The molecular formula is C18H18N2O. The van der Waals surface area contributed by atoms with Crippen LogP contribution in [0.5, 0.6) is 0 Å². The zero-order chi connectivity index (χ0) is 15.0. The highest BCUT2D eigenvalue weighted by Crippen LogP contribution is 2.38. The van der Waals surface area contributed by atoms with Crippen LogP contribution in [0.2, 0.25) is 0 Å². The van der Waals surface area contributed by atoms with Crippen LogP contribution in [0.1, 0.15) is 16.7 Å². The average Bonchev–Trinajstić information content (AvgIpc) is 2.85. The smallest absolute Gasteiger partial charge is 0.177 e. The van der Waals surface area contributed by atoms with Gasteiger partial charge in [0.2, 0.25) is 0 Å². The number of nitrogens with zero attached hydrogens (tertiary/aromatic N) is 1. The number of anilines is 1. The second-order valence-electron chi connectivity index (χ2n) is 5.39. The van der Waals surface area contributed by atoms with Crippen molar-refractivity contribution in [2.45, 2.75) is 20.8 Å². The van der Waals surface area contributed by atoms with E-state index in [9.17, 15) is 0 Å². The second-order valence-corrected chi connectivity index (χ2v) is 5.39. The van der Waals surface area contributed by atoms with E-state index in [0.717, 1.165) is 22.5 Å². The normalized spacial score (nSPS) is 10.8. The van der Waals surface area contributed by atoms with Gasteiger partial charge in [0.05, 0.1) is 5.56 Å². The van der Waals surface area contributed by atoms with Gasteiger partial charge < -0.3 is 10.3 Å². The Balaban J connectivity index is 2.22. The van der Waals surface area contributed by atoms with Gasteiger partial charge in [-0.05, 0) is 37.5 Å². The Morgan fingerprint density at radius 1 is 0.952 bits per heavy atom. The van der Waals surface area contributed by atoms with E-state index in [1.54, 1.807) is 0 Å². The molecule has 0 aliphatic rings. The van der Waals surface area contributed by atoms with E-state index in [1.807, 2.05) is 24.3 Å². The summed E-state index contributed by atoms with van der Waals surface area (Å²) >= 11 is 0. The van der Waals surface area contributed by atoms with E-state index in [4.69, 9.17) is 10.3 Å². The number of aromatic nitrogens is 1. The molecule has 0 bridgehead atoms. The minimum Gasteiger partial charge on any atom is -0.380 e. The maximum atomic E-state index is 6.03. The zero-order valence-corrected chi connectivity index (χ0v) is 12.5. The molecule has 0 saturated heterocycles. The highest BCUT2D eigenvalue weighted by Gasteiger charge is 2.19. The van der Waals surface area contributed by atoms with Gasteiger partial charge in [-0.25, -0.2) is 0 Å². The molecule has 106 valence electrons. The second kappa shape index (κ2) is 5.09. The van der Waals surface area contributed by atoms with Crippen molar-refractivity contribution in [3.05, 3.63) is 59.2 Å². The van der Waals surface area contributed by atoms with E-state index >= 15 is 0 Å². The molecule has 2 N–H and O–H groups in total. The summed E-state index contributed by atoms with van der Waals surface area (Å²) < 4.78 is 5.53. The van der Waals surface area contributed by atoms with Crippen LogP contribution in [0.4, 0.5) is 5.82 Å². The fourth-order valence-corrected chi connectivity index (χ4v) is 2.48. The first-order valence-corrected chi connectivity index (χ1v) is 6.96. The molecule has 3 rings (SSSR count). The fraction of sp³-hybridized carbons (Fsp3) is 0.167. The molecule has 3 aromatic rings. The summed E-state index contributed by atoms with van der Waals surface area (Å²) in [4.78, 5) is 0. The van der Waals surface area contributed by atoms with E-state index < -0.39 is 0 Å². The quantitative estimate of drug-likeness (QED) is 0.750. The standard InChI is InChI=1S/C18H18N2O/c1-11-7-9-14(10-8-11)16-17(21-20-18(16)19)15-6-4-5-12(2)13(15)3/h4-10H,1-3H3,(H2,19,20). The highest BCUT2D eigenvalue weighted by molar-refractivity contribution is 5.87. The van der Waals surface area contributed by atoms with Gasteiger partial charge in [-0.3, -0.25) is 0 Å². The van der Waals surface area contributed by atoms with E-state index in [1.165, 1.54) is 16.7 Å². The van der Waals surface area contributed by atoms with E-state index in [0.29, 0.717) is 5.82 Å². The molecule has 21 heavy (non-hydrogen) atoms. The van der Waals surface area contributed by atoms with Crippen LogP contribution < -0.4 is 5.73 Å². The molecular weight excluding hydrogens is 260 g/mol. The van der Waals surface area contributed by atoms with Gasteiger partial charge in [-0.2, -0.15) is 0 Å². The zero-order valence-electron chi connectivity index (χ0n) is 12.5. The van der Waals surface area contributed by atoms with Crippen molar-refractivity contribution in [3.8, 4) is 22.5 Å². The van der Waals surface area contributed by atoms with Crippen molar-refractivity contribution in [3.63, 3.8) is 0 Å². The van der Waals surface area contributed by atoms with E-state index in [2.05, 4.69) is 44.1 Å². The number of rotatable bonds is 2. The third-order valence-corrected chi connectivity index (χ3v) is 3.91. The summed E-state index contributed by atoms with van der Waals surface area (Å²) in [5.41, 5.74) is 12.6. The highest BCUT2D eigenvalue weighted by atomic mass is 16.5. The van der Waals surface area contributed by atoms with Gasteiger partial charge in [-0.15, -0.1) is 0 Å². The molecule has 3 nitrogen and oxygen atoms in total. The molecule has 0 aliphatic carbocycles. The van der Waals surface area contributed by atoms with Gasteiger partial charge in [0.15, 0.2) is 11.6 Å². The molecule has 0 saturated carbocycles.